The summed E-state index contributed by atoms with van der Waals surface area (Å²) >= 11 is 1.66. The van der Waals surface area contributed by atoms with Crippen molar-refractivity contribution in [1.29, 1.82) is 0 Å². The first-order valence-electron chi connectivity index (χ1n) is 6.88. The number of carbonyl (C=O) groups is 2. The Balaban J connectivity index is 1.88. The van der Waals surface area contributed by atoms with Crippen molar-refractivity contribution in [2.75, 3.05) is 5.75 Å². The molecule has 2 aliphatic rings. The average molecular weight is 291 g/mol. The van der Waals surface area contributed by atoms with Crippen molar-refractivity contribution in [3.8, 4) is 0 Å². The van der Waals surface area contributed by atoms with Gasteiger partial charge in [-0.25, -0.2) is 4.79 Å². The molecule has 3 rings (SSSR count). The minimum Gasteiger partial charge on any atom is -0.480 e. The molecule has 5 heteroatoms. The molecule has 0 aromatic heterocycles. The predicted octanol–water partition coefficient (Wildman–Crippen LogP) is 1.92. The molecule has 0 bridgehead atoms. The number of fused-ring (bicyclic) bond motifs is 1. The highest BCUT2D eigenvalue weighted by Crippen LogP contribution is 2.31. The molecule has 1 saturated heterocycles. The molecule has 106 valence electrons. The van der Waals surface area contributed by atoms with Crippen molar-refractivity contribution in [2.24, 2.45) is 0 Å². The van der Waals surface area contributed by atoms with Crippen LogP contribution in [0, 0.1) is 0 Å². The molecule has 0 aliphatic carbocycles. The van der Waals surface area contributed by atoms with Crippen LogP contribution < -0.4 is 0 Å². The summed E-state index contributed by atoms with van der Waals surface area (Å²) in [7, 11) is 0. The van der Waals surface area contributed by atoms with Gasteiger partial charge in [0.1, 0.15) is 6.04 Å². The molecule has 1 N–H and O–H groups in total. The van der Waals surface area contributed by atoms with Gasteiger partial charge in [0.15, 0.2) is 0 Å². The van der Waals surface area contributed by atoms with Crippen LogP contribution in [-0.2, 0) is 22.6 Å². The lowest BCUT2D eigenvalue weighted by molar-refractivity contribution is -0.151. The molecule has 0 spiro atoms. The Labute approximate surface area is 122 Å². The Morgan fingerprint density at radius 1 is 1.25 bits per heavy atom. The molecule has 1 aromatic carbocycles. The number of thioether (sulfide) groups is 1. The summed E-state index contributed by atoms with van der Waals surface area (Å²) in [4.78, 5) is 25.6. The molecule has 4 nitrogen and oxygen atoms in total. The van der Waals surface area contributed by atoms with Crippen LogP contribution in [0.3, 0.4) is 0 Å². The molecule has 1 aromatic rings. The fourth-order valence-electron chi connectivity index (χ4n) is 2.93. The van der Waals surface area contributed by atoms with Gasteiger partial charge in [0.05, 0.1) is 5.25 Å². The number of amides is 1. The summed E-state index contributed by atoms with van der Waals surface area (Å²) in [5.41, 5.74) is 2.12. The lowest BCUT2D eigenvalue weighted by atomic mass is 9.93. The topological polar surface area (TPSA) is 57.6 Å². The van der Waals surface area contributed by atoms with E-state index < -0.39 is 12.0 Å². The largest absolute Gasteiger partial charge is 0.480 e. The second kappa shape index (κ2) is 5.48. The molecule has 2 unspecified atom stereocenters. The number of hydrogen-bond acceptors (Lipinski definition) is 3. The maximum Gasteiger partial charge on any atom is 0.326 e. The van der Waals surface area contributed by atoms with Gasteiger partial charge in [-0.2, -0.15) is 0 Å². The highest BCUT2D eigenvalue weighted by Gasteiger charge is 2.38. The van der Waals surface area contributed by atoms with E-state index in [1.165, 1.54) is 0 Å². The summed E-state index contributed by atoms with van der Waals surface area (Å²) in [5.74, 6) is 0.0868. The average Bonchev–Trinajstić information content (AvgIpc) is 2.99. The second-order valence-electron chi connectivity index (χ2n) is 5.29. The highest BCUT2D eigenvalue weighted by atomic mass is 32.2. The van der Waals surface area contributed by atoms with E-state index in [4.69, 9.17) is 0 Å². The van der Waals surface area contributed by atoms with Crippen LogP contribution in [-0.4, -0.2) is 38.9 Å². The van der Waals surface area contributed by atoms with Gasteiger partial charge >= 0.3 is 5.97 Å². The summed E-state index contributed by atoms with van der Waals surface area (Å²) in [6.07, 6.45) is 2.33. The van der Waals surface area contributed by atoms with E-state index in [0.717, 1.165) is 29.7 Å². The molecule has 2 aliphatic heterocycles. The van der Waals surface area contributed by atoms with Gasteiger partial charge in [0.25, 0.3) is 0 Å². The van der Waals surface area contributed by atoms with Gasteiger partial charge in [0, 0.05) is 13.0 Å². The van der Waals surface area contributed by atoms with Gasteiger partial charge < -0.3 is 10.0 Å². The molecular weight excluding hydrogens is 274 g/mol. The van der Waals surface area contributed by atoms with E-state index >= 15 is 0 Å². The summed E-state index contributed by atoms with van der Waals surface area (Å²) < 4.78 is 0. The van der Waals surface area contributed by atoms with E-state index in [9.17, 15) is 14.7 Å². The molecule has 0 radical (unpaired) electrons. The van der Waals surface area contributed by atoms with E-state index in [-0.39, 0.29) is 11.2 Å². The number of rotatable bonds is 2. The Morgan fingerprint density at radius 3 is 2.65 bits per heavy atom. The maximum absolute atomic E-state index is 12.6. The van der Waals surface area contributed by atoms with Crippen molar-refractivity contribution in [3.63, 3.8) is 0 Å². The van der Waals surface area contributed by atoms with Crippen LogP contribution in [0.25, 0.3) is 0 Å². The van der Waals surface area contributed by atoms with Gasteiger partial charge in [0.2, 0.25) is 5.91 Å². The third-order valence-electron chi connectivity index (χ3n) is 4.02. The molecule has 0 saturated carbocycles. The van der Waals surface area contributed by atoms with Gasteiger partial charge in [-0.05, 0) is 29.7 Å². The fourth-order valence-corrected chi connectivity index (χ4v) is 4.16. The number of nitrogens with zero attached hydrogens (tertiary/aromatic N) is 1. The van der Waals surface area contributed by atoms with E-state index in [1.54, 1.807) is 16.7 Å². The normalized spacial score (nSPS) is 25.3. The molecule has 1 fully saturated rings. The third-order valence-corrected chi connectivity index (χ3v) is 5.39. The van der Waals surface area contributed by atoms with Crippen LogP contribution in [0.2, 0.25) is 0 Å². The number of carboxylic acid groups (broad SMARTS) is 1. The summed E-state index contributed by atoms with van der Waals surface area (Å²) in [6, 6.07) is 7.07. The number of hydrogen-bond donors (Lipinski definition) is 1. The van der Waals surface area contributed by atoms with Crippen molar-refractivity contribution in [3.05, 3.63) is 35.4 Å². The quantitative estimate of drug-likeness (QED) is 0.904. The second-order valence-corrected chi connectivity index (χ2v) is 6.61. The van der Waals surface area contributed by atoms with E-state index in [2.05, 4.69) is 0 Å². The van der Waals surface area contributed by atoms with Gasteiger partial charge in [-0.3, -0.25) is 4.79 Å². The molecular formula is C15H17NO3S. The molecule has 2 heterocycles. The SMILES string of the molecule is O=C(O)C1Cc2ccccc2CN1C(=O)C1CCCS1. The first-order chi connectivity index (χ1) is 9.66. The minimum absolute atomic E-state index is 0.00518. The van der Waals surface area contributed by atoms with Crippen molar-refractivity contribution in [1.82, 2.24) is 4.90 Å². The zero-order chi connectivity index (χ0) is 14.1. The van der Waals surface area contributed by atoms with E-state index in [0.29, 0.717) is 13.0 Å². The number of carbonyl (C=O) groups excluding carboxylic acids is 1. The van der Waals surface area contributed by atoms with Crippen molar-refractivity contribution in [2.45, 2.75) is 37.1 Å². The molecule has 20 heavy (non-hydrogen) atoms. The van der Waals surface area contributed by atoms with Gasteiger partial charge in [-0.15, -0.1) is 11.8 Å². The first kappa shape index (κ1) is 13.5. The number of aliphatic carboxylic acids is 1. The monoisotopic (exact) mass is 291 g/mol. The van der Waals surface area contributed by atoms with E-state index in [1.807, 2.05) is 24.3 Å². The summed E-state index contributed by atoms with van der Waals surface area (Å²) in [5, 5.41) is 9.37. The van der Waals surface area contributed by atoms with Crippen molar-refractivity contribution < 1.29 is 14.7 Å². The zero-order valence-electron chi connectivity index (χ0n) is 11.1. The molecule has 1 amide bonds. The van der Waals surface area contributed by atoms with Crippen LogP contribution in [0.4, 0.5) is 0 Å². The Kier molecular flexibility index (Phi) is 3.70. The standard InChI is InChI=1S/C15H17NO3S/c17-14(13-6-3-7-20-13)16-9-11-5-2-1-4-10(11)8-12(16)15(18)19/h1-2,4-5,12-13H,3,6-9H2,(H,18,19). The van der Waals surface area contributed by atoms with Crippen LogP contribution in [0.15, 0.2) is 24.3 Å². The lowest BCUT2D eigenvalue weighted by Gasteiger charge is -2.35. The van der Waals surface area contributed by atoms with Crippen LogP contribution in [0.5, 0.6) is 0 Å². The first-order valence-corrected chi connectivity index (χ1v) is 7.93. The van der Waals surface area contributed by atoms with Crippen LogP contribution >= 0.6 is 11.8 Å². The number of benzene rings is 1. The number of carboxylic acids is 1. The summed E-state index contributed by atoms with van der Waals surface area (Å²) in [6.45, 7) is 0.420. The zero-order valence-corrected chi connectivity index (χ0v) is 11.9. The molecule has 2 atom stereocenters. The highest BCUT2D eigenvalue weighted by molar-refractivity contribution is 8.00. The van der Waals surface area contributed by atoms with Gasteiger partial charge in [-0.1, -0.05) is 24.3 Å². The lowest BCUT2D eigenvalue weighted by Crippen LogP contribution is -2.51. The Morgan fingerprint density at radius 2 is 2.00 bits per heavy atom. The van der Waals surface area contributed by atoms with Crippen LogP contribution in [0.1, 0.15) is 24.0 Å². The smallest absolute Gasteiger partial charge is 0.326 e. The fraction of sp³-hybridized carbons (Fsp3) is 0.467. The Bertz CT molecular complexity index is 540. The van der Waals surface area contributed by atoms with Crippen molar-refractivity contribution >= 4 is 23.6 Å². The Hall–Kier alpha value is -1.49. The minimum atomic E-state index is -0.907. The third kappa shape index (κ3) is 2.42. The maximum atomic E-state index is 12.6. The predicted molar refractivity (Wildman–Crippen MR) is 77.6 cm³/mol.